The van der Waals surface area contributed by atoms with Crippen molar-refractivity contribution in [2.24, 2.45) is 5.92 Å². The molecule has 6 heteroatoms. The Bertz CT molecular complexity index is 500. The lowest BCUT2D eigenvalue weighted by molar-refractivity contribution is -0.135. The van der Waals surface area contributed by atoms with Gasteiger partial charge in [-0.2, -0.15) is 0 Å². The highest BCUT2D eigenvalue weighted by molar-refractivity contribution is 6.30. The standard InChI is InChI=1S/C15H19ClN2O3/c16-12-5-7-13(8-6-12)18(10-14(19)20)15(21)17-9-1-2-11-3-4-11/h5-8,11H,1-4,9-10H2,(H,17,21)(H,19,20). The van der Waals surface area contributed by atoms with Crippen LogP contribution >= 0.6 is 11.6 Å². The van der Waals surface area contributed by atoms with Crippen molar-refractivity contribution in [1.29, 1.82) is 0 Å². The van der Waals surface area contributed by atoms with Crippen LogP contribution in [-0.2, 0) is 4.79 Å². The fraction of sp³-hybridized carbons (Fsp3) is 0.467. The lowest BCUT2D eigenvalue weighted by Gasteiger charge is -2.21. The Morgan fingerprint density at radius 1 is 1.29 bits per heavy atom. The van der Waals surface area contributed by atoms with Gasteiger partial charge in [0.1, 0.15) is 6.54 Å². The normalized spacial score (nSPS) is 13.8. The van der Waals surface area contributed by atoms with E-state index in [0.717, 1.165) is 18.8 Å². The number of nitrogens with zero attached hydrogens (tertiary/aromatic N) is 1. The average Bonchev–Trinajstić information content (AvgIpc) is 3.26. The molecular formula is C15H19ClN2O3. The van der Waals surface area contributed by atoms with Crippen LogP contribution < -0.4 is 10.2 Å². The van der Waals surface area contributed by atoms with Crippen LogP contribution in [0, 0.1) is 5.92 Å². The van der Waals surface area contributed by atoms with E-state index in [-0.39, 0.29) is 6.54 Å². The molecule has 0 saturated heterocycles. The zero-order valence-corrected chi connectivity index (χ0v) is 12.5. The van der Waals surface area contributed by atoms with E-state index in [1.807, 2.05) is 0 Å². The molecule has 2 rings (SSSR count). The molecule has 2 N–H and O–H groups in total. The third kappa shape index (κ3) is 5.27. The number of amides is 2. The molecule has 1 saturated carbocycles. The molecule has 114 valence electrons. The van der Waals surface area contributed by atoms with E-state index in [2.05, 4.69) is 5.32 Å². The van der Waals surface area contributed by atoms with Gasteiger partial charge in [0.05, 0.1) is 0 Å². The number of urea groups is 1. The molecule has 0 spiro atoms. The summed E-state index contributed by atoms with van der Waals surface area (Å²) in [5, 5.41) is 12.3. The largest absolute Gasteiger partial charge is 0.480 e. The molecule has 0 unspecified atom stereocenters. The van der Waals surface area contributed by atoms with E-state index >= 15 is 0 Å². The fourth-order valence-electron chi connectivity index (χ4n) is 2.12. The minimum absolute atomic E-state index is 0.379. The average molecular weight is 311 g/mol. The highest BCUT2D eigenvalue weighted by Gasteiger charge is 2.21. The summed E-state index contributed by atoms with van der Waals surface area (Å²) in [7, 11) is 0. The van der Waals surface area contributed by atoms with Gasteiger partial charge in [-0.05, 0) is 43.0 Å². The second-order valence-electron chi connectivity index (χ2n) is 5.27. The number of carboxylic acid groups (broad SMARTS) is 1. The maximum absolute atomic E-state index is 12.1. The zero-order valence-electron chi connectivity index (χ0n) is 11.7. The van der Waals surface area contributed by atoms with Gasteiger partial charge in [-0.25, -0.2) is 4.79 Å². The molecule has 0 aromatic heterocycles. The number of rotatable bonds is 7. The maximum Gasteiger partial charge on any atom is 0.323 e. The van der Waals surface area contributed by atoms with Crippen LogP contribution in [0.2, 0.25) is 5.02 Å². The Hall–Kier alpha value is -1.75. The first-order valence-electron chi connectivity index (χ1n) is 7.09. The minimum Gasteiger partial charge on any atom is -0.480 e. The topological polar surface area (TPSA) is 69.6 Å². The Morgan fingerprint density at radius 2 is 1.95 bits per heavy atom. The number of benzene rings is 1. The van der Waals surface area contributed by atoms with E-state index in [4.69, 9.17) is 16.7 Å². The van der Waals surface area contributed by atoms with Crippen LogP contribution in [-0.4, -0.2) is 30.2 Å². The molecule has 1 aliphatic rings. The molecule has 2 amide bonds. The van der Waals surface area contributed by atoms with Gasteiger partial charge < -0.3 is 10.4 Å². The summed E-state index contributed by atoms with van der Waals surface area (Å²) in [6.07, 6.45) is 4.64. The molecule has 1 aromatic rings. The summed E-state index contributed by atoms with van der Waals surface area (Å²) in [5.74, 6) is -0.230. The number of carboxylic acids is 1. The fourth-order valence-corrected chi connectivity index (χ4v) is 2.25. The van der Waals surface area contributed by atoms with Crippen molar-refractivity contribution >= 4 is 29.3 Å². The van der Waals surface area contributed by atoms with Gasteiger partial charge in [0, 0.05) is 17.3 Å². The van der Waals surface area contributed by atoms with Gasteiger partial charge >= 0.3 is 12.0 Å². The monoisotopic (exact) mass is 310 g/mol. The molecule has 1 aliphatic carbocycles. The lowest BCUT2D eigenvalue weighted by Crippen LogP contribution is -2.43. The molecule has 5 nitrogen and oxygen atoms in total. The molecule has 0 atom stereocenters. The van der Waals surface area contributed by atoms with Gasteiger partial charge in [0.15, 0.2) is 0 Å². The molecule has 0 heterocycles. The predicted molar refractivity (Wildman–Crippen MR) is 81.8 cm³/mol. The quantitative estimate of drug-likeness (QED) is 0.760. The maximum atomic E-state index is 12.1. The van der Waals surface area contributed by atoms with Crippen molar-refractivity contribution in [2.45, 2.75) is 25.7 Å². The number of carbonyl (C=O) groups is 2. The van der Waals surface area contributed by atoms with Gasteiger partial charge in [-0.1, -0.05) is 24.4 Å². The third-order valence-electron chi connectivity index (χ3n) is 3.44. The number of aliphatic carboxylic acids is 1. The SMILES string of the molecule is O=C(O)CN(C(=O)NCCCC1CC1)c1ccc(Cl)cc1. The first kappa shape index (κ1) is 15.6. The number of hydrogen-bond donors (Lipinski definition) is 2. The van der Waals surface area contributed by atoms with Gasteiger partial charge in [-0.15, -0.1) is 0 Å². The van der Waals surface area contributed by atoms with Crippen molar-refractivity contribution in [3.8, 4) is 0 Å². The highest BCUT2D eigenvalue weighted by Crippen LogP contribution is 2.33. The van der Waals surface area contributed by atoms with Crippen LogP contribution in [0.1, 0.15) is 25.7 Å². The number of halogens is 1. The number of hydrogen-bond acceptors (Lipinski definition) is 2. The van der Waals surface area contributed by atoms with E-state index in [1.165, 1.54) is 17.7 Å². The zero-order chi connectivity index (χ0) is 15.2. The van der Waals surface area contributed by atoms with Crippen LogP contribution in [0.25, 0.3) is 0 Å². The Kier molecular flexibility index (Phi) is 5.44. The summed E-state index contributed by atoms with van der Waals surface area (Å²) in [6.45, 7) is 0.190. The van der Waals surface area contributed by atoms with Crippen LogP contribution in [0.5, 0.6) is 0 Å². The van der Waals surface area contributed by atoms with Crippen molar-refractivity contribution in [3.63, 3.8) is 0 Å². The first-order valence-corrected chi connectivity index (χ1v) is 7.47. The summed E-state index contributed by atoms with van der Waals surface area (Å²) in [6, 6.07) is 6.14. The molecule has 21 heavy (non-hydrogen) atoms. The summed E-state index contributed by atoms with van der Waals surface area (Å²) < 4.78 is 0. The van der Waals surface area contributed by atoms with Crippen molar-refractivity contribution in [1.82, 2.24) is 5.32 Å². The third-order valence-corrected chi connectivity index (χ3v) is 3.69. The molecule has 1 aromatic carbocycles. The van der Waals surface area contributed by atoms with E-state index < -0.39 is 12.0 Å². The molecule has 0 aliphatic heterocycles. The smallest absolute Gasteiger partial charge is 0.323 e. The number of anilines is 1. The minimum atomic E-state index is -1.06. The van der Waals surface area contributed by atoms with Gasteiger partial charge in [0.25, 0.3) is 0 Å². The van der Waals surface area contributed by atoms with E-state index in [0.29, 0.717) is 17.3 Å². The summed E-state index contributed by atoms with van der Waals surface area (Å²) in [4.78, 5) is 24.3. The summed E-state index contributed by atoms with van der Waals surface area (Å²) >= 11 is 5.80. The van der Waals surface area contributed by atoms with E-state index in [9.17, 15) is 9.59 Å². The van der Waals surface area contributed by atoms with Crippen LogP contribution in [0.3, 0.4) is 0 Å². The second-order valence-corrected chi connectivity index (χ2v) is 5.71. The van der Waals surface area contributed by atoms with Crippen LogP contribution in [0.4, 0.5) is 10.5 Å². The Morgan fingerprint density at radius 3 is 2.52 bits per heavy atom. The van der Waals surface area contributed by atoms with Crippen LogP contribution in [0.15, 0.2) is 24.3 Å². The van der Waals surface area contributed by atoms with Crippen molar-refractivity contribution in [3.05, 3.63) is 29.3 Å². The summed E-state index contributed by atoms with van der Waals surface area (Å²) in [5.41, 5.74) is 0.515. The first-order chi connectivity index (χ1) is 10.1. The van der Waals surface area contributed by atoms with Gasteiger partial charge in [-0.3, -0.25) is 9.69 Å². The Labute approximate surface area is 128 Å². The van der Waals surface area contributed by atoms with Crippen molar-refractivity contribution < 1.29 is 14.7 Å². The van der Waals surface area contributed by atoms with Gasteiger partial charge in [0.2, 0.25) is 0 Å². The number of nitrogens with one attached hydrogen (secondary N) is 1. The Balaban J connectivity index is 1.91. The number of carbonyl (C=O) groups excluding carboxylic acids is 1. The second kappa shape index (κ2) is 7.31. The van der Waals surface area contributed by atoms with E-state index in [1.54, 1.807) is 24.3 Å². The molecule has 0 radical (unpaired) electrons. The molecule has 1 fully saturated rings. The highest BCUT2D eigenvalue weighted by atomic mass is 35.5. The lowest BCUT2D eigenvalue weighted by atomic mass is 10.2. The van der Waals surface area contributed by atoms with Crippen molar-refractivity contribution in [2.75, 3.05) is 18.0 Å². The molecular weight excluding hydrogens is 292 g/mol. The predicted octanol–water partition coefficient (Wildman–Crippen LogP) is 3.13. The molecule has 0 bridgehead atoms.